The van der Waals surface area contributed by atoms with Crippen molar-refractivity contribution < 1.29 is 9.18 Å². The molecule has 1 unspecified atom stereocenters. The van der Waals surface area contributed by atoms with Crippen LogP contribution in [0.1, 0.15) is 17.2 Å². The summed E-state index contributed by atoms with van der Waals surface area (Å²) in [5, 5.41) is 6.01. The standard InChI is InChI=1S/C15H12BrFN2O/c1-8-7-9(17)5-6-11(8)18-14-13-10(16)3-2-4-12(13)19-15(14)20/h2-7,14,18H,1H3,(H,19,20). The Morgan fingerprint density at radius 1 is 1.30 bits per heavy atom. The largest absolute Gasteiger partial charge is 0.370 e. The molecule has 0 saturated carbocycles. The van der Waals surface area contributed by atoms with Crippen LogP contribution < -0.4 is 10.6 Å². The number of nitrogens with one attached hydrogen (secondary N) is 2. The van der Waals surface area contributed by atoms with E-state index in [0.29, 0.717) is 0 Å². The Morgan fingerprint density at radius 3 is 2.85 bits per heavy atom. The van der Waals surface area contributed by atoms with Crippen molar-refractivity contribution in [2.24, 2.45) is 0 Å². The topological polar surface area (TPSA) is 41.1 Å². The summed E-state index contributed by atoms with van der Waals surface area (Å²) in [5.74, 6) is -0.402. The minimum atomic E-state index is -0.482. The van der Waals surface area contributed by atoms with Crippen molar-refractivity contribution in [3.05, 3.63) is 57.8 Å². The van der Waals surface area contributed by atoms with E-state index in [0.717, 1.165) is 27.0 Å². The second kappa shape index (κ2) is 4.90. The molecule has 1 aliphatic rings. The van der Waals surface area contributed by atoms with Crippen molar-refractivity contribution in [3.63, 3.8) is 0 Å². The number of aryl methyl sites for hydroxylation is 1. The van der Waals surface area contributed by atoms with Gasteiger partial charge in [0.05, 0.1) is 0 Å². The van der Waals surface area contributed by atoms with Crippen molar-refractivity contribution in [2.75, 3.05) is 10.6 Å². The van der Waals surface area contributed by atoms with E-state index in [1.54, 1.807) is 13.0 Å². The first-order valence-electron chi connectivity index (χ1n) is 6.18. The average Bonchev–Trinajstić information content (AvgIpc) is 2.70. The van der Waals surface area contributed by atoms with Crippen LogP contribution in [0.4, 0.5) is 15.8 Å². The Hall–Kier alpha value is -1.88. The highest BCUT2D eigenvalue weighted by Gasteiger charge is 2.32. The van der Waals surface area contributed by atoms with Crippen LogP contribution in [-0.2, 0) is 4.79 Å². The zero-order valence-electron chi connectivity index (χ0n) is 10.7. The molecule has 2 N–H and O–H groups in total. The van der Waals surface area contributed by atoms with Crippen LogP contribution in [0.5, 0.6) is 0 Å². The molecule has 0 aliphatic carbocycles. The van der Waals surface area contributed by atoms with Gasteiger partial charge in [-0.15, -0.1) is 0 Å². The van der Waals surface area contributed by atoms with Crippen molar-refractivity contribution in [3.8, 4) is 0 Å². The fraction of sp³-hybridized carbons (Fsp3) is 0.133. The molecule has 0 radical (unpaired) electrons. The summed E-state index contributed by atoms with van der Waals surface area (Å²) < 4.78 is 14.0. The number of carbonyl (C=O) groups is 1. The predicted molar refractivity (Wildman–Crippen MR) is 80.3 cm³/mol. The van der Waals surface area contributed by atoms with Gasteiger partial charge < -0.3 is 10.6 Å². The zero-order valence-corrected chi connectivity index (χ0v) is 12.3. The molecule has 3 rings (SSSR count). The van der Waals surface area contributed by atoms with Crippen molar-refractivity contribution in [1.82, 2.24) is 0 Å². The molecule has 20 heavy (non-hydrogen) atoms. The highest BCUT2D eigenvalue weighted by molar-refractivity contribution is 9.10. The predicted octanol–water partition coefficient (Wildman–Crippen LogP) is 4.00. The molecule has 5 heteroatoms. The van der Waals surface area contributed by atoms with Gasteiger partial charge in [0.15, 0.2) is 0 Å². The third-order valence-corrected chi connectivity index (χ3v) is 4.04. The fourth-order valence-corrected chi connectivity index (χ4v) is 2.95. The quantitative estimate of drug-likeness (QED) is 0.871. The zero-order chi connectivity index (χ0) is 14.3. The van der Waals surface area contributed by atoms with Gasteiger partial charge in [-0.05, 0) is 42.8 Å². The number of carbonyl (C=O) groups excluding carboxylic acids is 1. The van der Waals surface area contributed by atoms with Gasteiger partial charge >= 0.3 is 0 Å². The van der Waals surface area contributed by atoms with Crippen LogP contribution in [0, 0.1) is 12.7 Å². The van der Waals surface area contributed by atoms with E-state index in [9.17, 15) is 9.18 Å². The van der Waals surface area contributed by atoms with E-state index < -0.39 is 6.04 Å². The van der Waals surface area contributed by atoms with Gasteiger partial charge in [0, 0.05) is 21.4 Å². The monoisotopic (exact) mass is 334 g/mol. The summed E-state index contributed by atoms with van der Waals surface area (Å²) >= 11 is 3.47. The summed E-state index contributed by atoms with van der Waals surface area (Å²) in [6.45, 7) is 1.80. The number of fused-ring (bicyclic) bond motifs is 1. The van der Waals surface area contributed by atoms with E-state index in [1.807, 2.05) is 18.2 Å². The van der Waals surface area contributed by atoms with Crippen LogP contribution in [0.25, 0.3) is 0 Å². The van der Waals surface area contributed by atoms with Crippen molar-refractivity contribution >= 4 is 33.2 Å². The number of benzene rings is 2. The molecule has 2 aromatic carbocycles. The second-order valence-corrected chi connectivity index (χ2v) is 5.58. The number of hydrogen-bond donors (Lipinski definition) is 2. The first-order chi connectivity index (χ1) is 9.56. The van der Waals surface area contributed by atoms with Gasteiger partial charge in [0.1, 0.15) is 11.9 Å². The van der Waals surface area contributed by atoms with Crippen LogP contribution in [0.3, 0.4) is 0 Å². The van der Waals surface area contributed by atoms with Crippen molar-refractivity contribution in [2.45, 2.75) is 13.0 Å². The fourth-order valence-electron chi connectivity index (χ4n) is 2.36. The van der Waals surface area contributed by atoms with Gasteiger partial charge in [0.2, 0.25) is 0 Å². The number of hydrogen-bond acceptors (Lipinski definition) is 2. The van der Waals surface area contributed by atoms with Gasteiger partial charge in [-0.3, -0.25) is 4.79 Å². The lowest BCUT2D eigenvalue weighted by atomic mass is 10.1. The molecule has 0 bridgehead atoms. The first kappa shape index (κ1) is 13.1. The Bertz CT molecular complexity index is 702. The van der Waals surface area contributed by atoms with E-state index >= 15 is 0 Å². The molecular weight excluding hydrogens is 323 g/mol. The smallest absolute Gasteiger partial charge is 0.251 e. The molecule has 0 saturated heterocycles. The maximum atomic E-state index is 13.1. The average molecular weight is 335 g/mol. The molecule has 2 aromatic rings. The van der Waals surface area contributed by atoms with Gasteiger partial charge in [-0.1, -0.05) is 22.0 Å². The molecule has 1 atom stereocenters. The summed E-state index contributed by atoms with van der Waals surface area (Å²) in [4.78, 5) is 12.1. The number of anilines is 2. The van der Waals surface area contributed by atoms with E-state index in [1.165, 1.54) is 12.1 Å². The molecule has 0 spiro atoms. The molecule has 0 aromatic heterocycles. The Balaban J connectivity index is 1.98. The lowest BCUT2D eigenvalue weighted by Gasteiger charge is -2.16. The molecule has 0 fully saturated rings. The Labute approximate surface area is 124 Å². The minimum Gasteiger partial charge on any atom is -0.370 e. The Morgan fingerprint density at radius 2 is 2.10 bits per heavy atom. The van der Waals surface area contributed by atoms with Gasteiger partial charge in [-0.2, -0.15) is 0 Å². The molecule has 1 heterocycles. The molecular formula is C15H12BrFN2O. The summed E-state index contributed by atoms with van der Waals surface area (Å²) in [6.07, 6.45) is 0. The van der Waals surface area contributed by atoms with E-state index in [4.69, 9.17) is 0 Å². The Kier molecular flexibility index (Phi) is 3.22. The molecule has 1 aliphatic heterocycles. The van der Waals surface area contributed by atoms with E-state index in [2.05, 4.69) is 26.6 Å². The SMILES string of the molecule is Cc1cc(F)ccc1NC1C(=O)Nc2cccc(Br)c21. The minimum absolute atomic E-state index is 0.115. The highest BCUT2D eigenvalue weighted by Crippen LogP contribution is 2.38. The van der Waals surface area contributed by atoms with Crippen molar-refractivity contribution in [1.29, 1.82) is 0 Å². The van der Waals surface area contributed by atoms with Crippen LogP contribution in [0.2, 0.25) is 0 Å². The molecule has 102 valence electrons. The second-order valence-electron chi connectivity index (χ2n) is 4.73. The van der Waals surface area contributed by atoms with Gasteiger partial charge in [0.25, 0.3) is 5.91 Å². The maximum absolute atomic E-state index is 13.1. The molecule has 1 amide bonds. The summed E-state index contributed by atoms with van der Waals surface area (Å²) in [6, 6.07) is 9.60. The highest BCUT2D eigenvalue weighted by atomic mass is 79.9. The number of rotatable bonds is 2. The molecule has 3 nitrogen and oxygen atoms in total. The summed E-state index contributed by atoms with van der Waals surface area (Å²) in [5.41, 5.74) is 3.18. The van der Waals surface area contributed by atoms with E-state index in [-0.39, 0.29) is 11.7 Å². The lowest BCUT2D eigenvalue weighted by molar-refractivity contribution is -0.116. The van der Waals surface area contributed by atoms with Crippen LogP contribution in [-0.4, -0.2) is 5.91 Å². The third-order valence-electron chi connectivity index (χ3n) is 3.35. The first-order valence-corrected chi connectivity index (χ1v) is 6.97. The van der Waals surface area contributed by atoms with Gasteiger partial charge in [-0.25, -0.2) is 4.39 Å². The van der Waals surface area contributed by atoms with Crippen LogP contribution >= 0.6 is 15.9 Å². The van der Waals surface area contributed by atoms with Crippen LogP contribution in [0.15, 0.2) is 40.9 Å². The summed E-state index contributed by atoms with van der Waals surface area (Å²) in [7, 11) is 0. The third kappa shape index (κ3) is 2.18. The number of halogens is 2. The lowest BCUT2D eigenvalue weighted by Crippen LogP contribution is -2.20. The normalized spacial score (nSPS) is 16.8. The number of amides is 1. The maximum Gasteiger partial charge on any atom is 0.251 e.